The third-order valence-electron chi connectivity index (χ3n) is 5.32. The fourth-order valence-corrected chi connectivity index (χ4v) is 3.95. The summed E-state index contributed by atoms with van der Waals surface area (Å²) in [6, 6.07) is 18.9. The molecule has 1 aliphatic heterocycles. The molecule has 3 aromatic rings. The van der Waals surface area contributed by atoms with Crippen molar-refractivity contribution in [1.29, 1.82) is 0 Å². The normalized spacial score (nSPS) is 13.2. The van der Waals surface area contributed by atoms with Gasteiger partial charge >= 0.3 is 0 Å². The molecule has 4 rings (SSSR count). The maximum absolute atomic E-state index is 12.8. The van der Waals surface area contributed by atoms with Crippen LogP contribution in [0.1, 0.15) is 26.3 Å². The number of carbonyl (C=O) groups excluding carboxylic acids is 3. The van der Waals surface area contributed by atoms with Crippen LogP contribution in [0.5, 0.6) is 5.75 Å². The van der Waals surface area contributed by atoms with Crippen LogP contribution >= 0.6 is 11.6 Å². The van der Waals surface area contributed by atoms with E-state index in [0.29, 0.717) is 40.7 Å². The zero-order chi connectivity index (χ0) is 24.1. The van der Waals surface area contributed by atoms with Gasteiger partial charge in [0, 0.05) is 24.3 Å². The summed E-state index contributed by atoms with van der Waals surface area (Å²) in [5.74, 6) is -0.551. The minimum atomic E-state index is -0.572. The van der Waals surface area contributed by atoms with Gasteiger partial charge in [0.15, 0.2) is 0 Å². The van der Waals surface area contributed by atoms with Crippen LogP contribution in [-0.2, 0) is 11.4 Å². The first-order valence-electron chi connectivity index (χ1n) is 10.6. The Morgan fingerprint density at radius 2 is 1.91 bits per heavy atom. The second-order valence-corrected chi connectivity index (χ2v) is 8.15. The number of amides is 3. The molecule has 3 amide bonds. The molecule has 9 heteroatoms. The standard InChI is InChI=1S/C25H23ClN4O4/c26-20-13-18(8-9-21(20)30-11-10-28-23(31)14-30)29-25(33)17-5-3-4-16(12-17)15-34-22-7-2-1-6-19(22)24(27)32/h1-9,12-13H,10-11,14-15H2,(H2,27,32)(H,28,31)(H,29,33). The van der Waals surface area contributed by atoms with Gasteiger partial charge in [0.1, 0.15) is 12.4 Å². The maximum Gasteiger partial charge on any atom is 0.255 e. The molecule has 0 saturated carbocycles. The van der Waals surface area contributed by atoms with E-state index in [0.717, 1.165) is 11.3 Å². The first-order chi connectivity index (χ1) is 16.4. The van der Waals surface area contributed by atoms with Crippen molar-refractivity contribution in [3.63, 3.8) is 0 Å². The number of ether oxygens (including phenoxy) is 1. The lowest BCUT2D eigenvalue weighted by molar-refractivity contribution is -0.120. The number of nitrogens with two attached hydrogens (primary N) is 1. The highest BCUT2D eigenvalue weighted by Gasteiger charge is 2.19. The Labute approximate surface area is 201 Å². The number of benzene rings is 3. The van der Waals surface area contributed by atoms with E-state index < -0.39 is 5.91 Å². The van der Waals surface area contributed by atoms with Crippen LogP contribution in [0.15, 0.2) is 66.7 Å². The lowest BCUT2D eigenvalue weighted by atomic mass is 10.1. The molecule has 8 nitrogen and oxygen atoms in total. The van der Waals surface area contributed by atoms with Crippen LogP contribution < -0.4 is 26.0 Å². The Hall–Kier alpha value is -4.04. The molecule has 174 valence electrons. The van der Waals surface area contributed by atoms with Crippen molar-refractivity contribution in [1.82, 2.24) is 5.32 Å². The number of para-hydroxylation sites is 1. The van der Waals surface area contributed by atoms with Gasteiger partial charge in [-0.05, 0) is 48.0 Å². The summed E-state index contributed by atoms with van der Waals surface area (Å²) in [7, 11) is 0. The molecule has 0 aromatic heterocycles. The summed E-state index contributed by atoms with van der Waals surface area (Å²) in [4.78, 5) is 37.9. The fourth-order valence-electron chi connectivity index (χ4n) is 3.65. The Balaban J connectivity index is 1.42. The number of nitrogens with one attached hydrogen (secondary N) is 2. The zero-order valence-corrected chi connectivity index (χ0v) is 19.0. The Kier molecular flexibility index (Phi) is 6.98. The molecule has 1 saturated heterocycles. The molecule has 0 unspecified atom stereocenters. The van der Waals surface area contributed by atoms with Gasteiger partial charge in [-0.15, -0.1) is 0 Å². The molecule has 0 aliphatic carbocycles. The summed E-state index contributed by atoms with van der Waals surface area (Å²) in [6.45, 7) is 1.62. The molecule has 1 fully saturated rings. The van der Waals surface area contributed by atoms with Crippen LogP contribution in [0.25, 0.3) is 0 Å². The summed E-state index contributed by atoms with van der Waals surface area (Å²) in [5, 5.41) is 6.06. The van der Waals surface area contributed by atoms with Gasteiger partial charge in [-0.2, -0.15) is 0 Å². The van der Waals surface area contributed by atoms with E-state index in [4.69, 9.17) is 22.1 Å². The van der Waals surface area contributed by atoms with Gasteiger partial charge in [0.2, 0.25) is 5.91 Å². The predicted octanol–water partition coefficient (Wildman–Crippen LogP) is 3.21. The second kappa shape index (κ2) is 10.3. The molecule has 0 radical (unpaired) electrons. The van der Waals surface area contributed by atoms with E-state index in [1.54, 1.807) is 60.7 Å². The third kappa shape index (κ3) is 5.47. The van der Waals surface area contributed by atoms with Crippen molar-refractivity contribution in [2.24, 2.45) is 5.73 Å². The first kappa shape index (κ1) is 23.1. The average Bonchev–Trinajstić information content (AvgIpc) is 2.83. The number of primary amides is 1. The SMILES string of the molecule is NC(=O)c1ccccc1OCc1cccc(C(=O)Nc2ccc(N3CCNC(=O)C3)c(Cl)c2)c1. The van der Waals surface area contributed by atoms with E-state index in [-0.39, 0.29) is 25.0 Å². The van der Waals surface area contributed by atoms with Gasteiger partial charge < -0.3 is 26.0 Å². The minimum Gasteiger partial charge on any atom is -0.488 e. The second-order valence-electron chi connectivity index (χ2n) is 7.74. The number of anilines is 2. The van der Waals surface area contributed by atoms with Crippen molar-refractivity contribution in [2.75, 3.05) is 29.9 Å². The number of nitrogens with zero attached hydrogens (tertiary/aromatic N) is 1. The summed E-state index contributed by atoms with van der Waals surface area (Å²) in [6.07, 6.45) is 0. The highest BCUT2D eigenvalue weighted by molar-refractivity contribution is 6.33. The van der Waals surface area contributed by atoms with Gasteiger partial charge in [0.25, 0.3) is 11.8 Å². The van der Waals surface area contributed by atoms with Crippen LogP contribution in [0.2, 0.25) is 5.02 Å². The van der Waals surface area contributed by atoms with Crippen molar-refractivity contribution < 1.29 is 19.1 Å². The Bertz CT molecular complexity index is 1250. The molecule has 1 heterocycles. The molecule has 0 bridgehead atoms. The zero-order valence-electron chi connectivity index (χ0n) is 18.2. The molecule has 0 spiro atoms. The van der Waals surface area contributed by atoms with Gasteiger partial charge in [-0.25, -0.2) is 0 Å². The number of carbonyl (C=O) groups is 3. The van der Waals surface area contributed by atoms with Crippen LogP contribution in [-0.4, -0.2) is 37.4 Å². The Morgan fingerprint density at radius 3 is 2.68 bits per heavy atom. The summed E-state index contributed by atoms with van der Waals surface area (Å²) in [5.41, 5.74) is 8.16. The van der Waals surface area contributed by atoms with E-state index in [9.17, 15) is 14.4 Å². The number of halogens is 1. The number of hydrogen-bond donors (Lipinski definition) is 3. The Morgan fingerprint density at radius 1 is 1.09 bits per heavy atom. The lowest BCUT2D eigenvalue weighted by Gasteiger charge is -2.29. The van der Waals surface area contributed by atoms with E-state index in [1.165, 1.54) is 0 Å². The van der Waals surface area contributed by atoms with Crippen LogP contribution in [0, 0.1) is 0 Å². The summed E-state index contributed by atoms with van der Waals surface area (Å²) >= 11 is 6.43. The number of hydrogen-bond acceptors (Lipinski definition) is 5. The quantitative estimate of drug-likeness (QED) is 0.482. The fraction of sp³-hybridized carbons (Fsp3) is 0.160. The molecule has 4 N–H and O–H groups in total. The maximum atomic E-state index is 12.8. The van der Waals surface area contributed by atoms with Crippen molar-refractivity contribution in [3.8, 4) is 5.75 Å². The molecule has 3 aromatic carbocycles. The van der Waals surface area contributed by atoms with E-state index in [2.05, 4.69) is 10.6 Å². The van der Waals surface area contributed by atoms with Crippen LogP contribution in [0.4, 0.5) is 11.4 Å². The predicted molar refractivity (Wildman–Crippen MR) is 130 cm³/mol. The molecular weight excluding hydrogens is 456 g/mol. The highest BCUT2D eigenvalue weighted by atomic mass is 35.5. The lowest BCUT2D eigenvalue weighted by Crippen LogP contribution is -2.47. The topological polar surface area (TPSA) is 114 Å². The average molecular weight is 479 g/mol. The number of rotatable bonds is 7. The third-order valence-corrected chi connectivity index (χ3v) is 5.62. The monoisotopic (exact) mass is 478 g/mol. The van der Waals surface area contributed by atoms with Crippen molar-refractivity contribution >= 4 is 40.7 Å². The molecule has 34 heavy (non-hydrogen) atoms. The van der Waals surface area contributed by atoms with Crippen molar-refractivity contribution in [3.05, 3.63) is 88.4 Å². The smallest absolute Gasteiger partial charge is 0.255 e. The van der Waals surface area contributed by atoms with Crippen molar-refractivity contribution in [2.45, 2.75) is 6.61 Å². The van der Waals surface area contributed by atoms with E-state index in [1.807, 2.05) is 11.0 Å². The first-order valence-corrected chi connectivity index (χ1v) is 11.0. The van der Waals surface area contributed by atoms with E-state index >= 15 is 0 Å². The largest absolute Gasteiger partial charge is 0.488 e. The van der Waals surface area contributed by atoms with Crippen LogP contribution in [0.3, 0.4) is 0 Å². The summed E-state index contributed by atoms with van der Waals surface area (Å²) < 4.78 is 5.75. The molecule has 0 atom stereocenters. The van der Waals surface area contributed by atoms with Gasteiger partial charge in [0.05, 0.1) is 22.8 Å². The number of piperazine rings is 1. The molecule has 1 aliphatic rings. The van der Waals surface area contributed by atoms with Gasteiger partial charge in [-0.3, -0.25) is 14.4 Å². The highest BCUT2D eigenvalue weighted by Crippen LogP contribution is 2.29. The minimum absolute atomic E-state index is 0.0540. The molecular formula is C25H23ClN4O4. The van der Waals surface area contributed by atoms with Gasteiger partial charge in [-0.1, -0.05) is 35.9 Å².